The number of halogens is 1. The topological polar surface area (TPSA) is 117 Å². The number of carbonyl (C=O) groups excluding carboxylic acids is 4. The molecule has 0 aromatic heterocycles. The Labute approximate surface area is 146 Å². The maximum atomic E-state index is 11.8. The van der Waals surface area contributed by atoms with Crippen molar-refractivity contribution in [3.8, 4) is 0 Å². The van der Waals surface area contributed by atoms with Gasteiger partial charge in [0.05, 0.1) is 5.75 Å². The molecule has 0 spiro atoms. The molecule has 1 aliphatic rings. The molecule has 2 rings (SSSR count). The Morgan fingerprint density at radius 3 is 2.54 bits per heavy atom. The van der Waals surface area contributed by atoms with E-state index in [2.05, 4.69) is 20.9 Å². The van der Waals surface area contributed by atoms with E-state index in [-0.39, 0.29) is 16.8 Å². The number of benzene rings is 1. The SMILES string of the molecule is CC(=O)N[C@H]1C(=O)N=C(SCC(=O)Nc2ccc(Cl)cc2)NC1=O. The minimum absolute atomic E-state index is 0.0119. The Hall–Kier alpha value is -2.39. The molecule has 0 fully saturated rings. The van der Waals surface area contributed by atoms with Crippen molar-refractivity contribution in [1.29, 1.82) is 0 Å². The highest BCUT2D eigenvalue weighted by Crippen LogP contribution is 2.14. The average molecular weight is 369 g/mol. The van der Waals surface area contributed by atoms with Gasteiger partial charge in [-0.25, -0.2) is 0 Å². The fourth-order valence-electron chi connectivity index (χ4n) is 1.75. The van der Waals surface area contributed by atoms with Gasteiger partial charge in [-0.05, 0) is 24.3 Å². The highest BCUT2D eigenvalue weighted by atomic mass is 35.5. The predicted octanol–water partition coefficient (Wildman–Crippen LogP) is 0.529. The minimum Gasteiger partial charge on any atom is -0.337 e. The molecule has 0 aliphatic carbocycles. The molecule has 0 saturated heterocycles. The number of amides is 4. The van der Waals surface area contributed by atoms with Crippen LogP contribution in [0.15, 0.2) is 29.3 Å². The van der Waals surface area contributed by atoms with Gasteiger partial charge in [0.25, 0.3) is 11.8 Å². The zero-order valence-corrected chi connectivity index (χ0v) is 14.0. The number of nitrogens with zero attached hydrogens (tertiary/aromatic N) is 1. The van der Waals surface area contributed by atoms with E-state index >= 15 is 0 Å². The van der Waals surface area contributed by atoms with Crippen molar-refractivity contribution in [3.05, 3.63) is 29.3 Å². The number of anilines is 1. The zero-order valence-electron chi connectivity index (χ0n) is 12.5. The molecule has 126 valence electrons. The van der Waals surface area contributed by atoms with Crippen molar-refractivity contribution in [2.75, 3.05) is 11.1 Å². The molecule has 1 heterocycles. The van der Waals surface area contributed by atoms with E-state index in [0.717, 1.165) is 11.8 Å². The summed E-state index contributed by atoms with van der Waals surface area (Å²) in [5.41, 5.74) is 0.571. The maximum Gasteiger partial charge on any atom is 0.280 e. The third-order valence-electron chi connectivity index (χ3n) is 2.77. The molecule has 3 N–H and O–H groups in total. The third kappa shape index (κ3) is 5.07. The second-order valence-corrected chi connectivity index (χ2v) is 6.12. The van der Waals surface area contributed by atoms with E-state index in [4.69, 9.17) is 11.6 Å². The van der Waals surface area contributed by atoms with Crippen molar-refractivity contribution in [2.45, 2.75) is 13.0 Å². The number of nitrogens with one attached hydrogen (secondary N) is 3. The van der Waals surface area contributed by atoms with Crippen molar-refractivity contribution >= 4 is 57.8 Å². The van der Waals surface area contributed by atoms with Crippen LogP contribution in [0.2, 0.25) is 5.02 Å². The van der Waals surface area contributed by atoms with Gasteiger partial charge in [-0.15, -0.1) is 0 Å². The number of rotatable bonds is 4. The van der Waals surface area contributed by atoms with Gasteiger partial charge in [0.1, 0.15) is 0 Å². The van der Waals surface area contributed by atoms with Crippen LogP contribution in [-0.4, -0.2) is 40.6 Å². The van der Waals surface area contributed by atoms with E-state index < -0.39 is 23.8 Å². The van der Waals surface area contributed by atoms with Gasteiger partial charge < -0.3 is 16.0 Å². The first kappa shape index (κ1) is 18.0. The zero-order chi connectivity index (χ0) is 17.7. The van der Waals surface area contributed by atoms with Crippen molar-refractivity contribution in [2.24, 2.45) is 4.99 Å². The Balaban J connectivity index is 1.88. The molecule has 1 aromatic carbocycles. The van der Waals surface area contributed by atoms with E-state index in [9.17, 15) is 19.2 Å². The molecular formula is C14H13ClN4O4S. The van der Waals surface area contributed by atoms with Crippen LogP contribution < -0.4 is 16.0 Å². The summed E-state index contributed by atoms with van der Waals surface area (Å²) in [5.74, 6) is -2.38. The summed E-state index contributed by atoms with van der Waals surface area (Å²) in [6.45, 7) is 1.19. The van der Waals surface area contributed by atoms with Gasteiger partial charge in [0, 0.05) is 17.6 Å². The monoisotopic (exact) mass is 368 g/mol. The van der Waals surface area contributed by atoms with E-state index in [1.54, 1.807) is 24.3 Å². The summed E-state index contributed by atoms with van der Waals surface area (Å²) in [6, 6.07) is 5.22. The molecule has 1 atom stereocenters. The smallest absolute Gasteiger partial charge is 0.280 e. The minimum atomic E-state index is -1.34. The highest BCUT2D eigenvalue weighted by molar-refractivity contribution is 8.14. The van der Waals surface area contributed by atoms with Crippen molar-refractivity contribution in [3.63, 3.8) is 0 Å². The molecule has 1 aromatic rings. The van der Waals surface area contributed by atoms with Crippen LogP contribution in [0.25, 0.3) is 0 Å². The molecule has 24 heavy (non-hydrogen) atoms. The maximum absolute atomic E-state index is 11.8. The van der Waals surface area contributed by atoms with Gasteiger partial charge >= 0.3 is 0 Å². The summed E-state index contributed by atoms with van der Waals surface area (Å²) < 4.78 is 0. The molecule has 0 saturated carbocycles. The Bertz CT molecular complexity index is 720. The van der Waals surface area contributed by atoms with E-state index in [1.807, 2.05) is 0 Å². The molecule has 10 heteroatoms. The highest BCUT2D eigenvalue weighted by Gasteiger charge is 2.32. The standard InChI is InChI=1S/C14H13ClN4O4S/c1-7(20)16-11-12(22)18-14(19-13(11)23)24-6-10(21)17-9-4-2-8(15)3-5-9/h2-5,11H,6H2,1H3,(H,16,20)(H,17,21)(H,18,19,22,23). The number of thioether (sulfide) groups is 1. The van der Waals surface area contributed by atoms with Crippen LogP contribution in [-0.2, 0) is 19.2 Å². The lowest BCUT2D eigenvalue weighted by atomic mass is 10.2. The fraction of sp³-hybridized carbons (Fsp3) is 0.214. The summed E-state index contributed by atoms with van der Waals surface area (Å²) in [4.78, 5) is 49.9. The first-order valence-electron chi connectivity index (χ1n) is 6.74. The number of carbonyl (C=O) groups is 4. The lowest BCUT2D eigenvalue weighted by Gasteiger charge is -2.19. The normalized spacial score (nSPS) is 16.9. The number of aliphatic imine (C=N–C) groups is 1. The lowest BCUT2D eigenvalue weighted by molar-refractivity contribution is -0.134. The summed E-state index contributed by atoms with van der Waals surface area (Å²) in [6.07, 6.45) is 0. The molecule has 4 amide bonds. The second-order valence-electron chi connectivity index (χ2n) is 4.72. The largest absolute Gasteiger partial charge is 0.337 e. The fourth-order valence-corrected chi connectivity index (χ4v) is 2.54. The van der Waals surface area contributed by atoms with Gasteiger partial charge in [0.15, 0.2) is 11.2 Å². The molecule has 1 aliphatic heterocycles. The summed E-state index contributed by atoms with van der Waals surface area (Å²) in [5, 5.41) is 7.77. The first-order chi connectivity index (χ1) is 11.3. The molecular weight excluding hydrogens is 356 g/mol. The molecule has 8 nitrogen and oxygen atoms in total. The molecule has 0 bridgehead atoms. The molecule has 0 radical (unpaired) electrons. The van der Waals surface area contributed by atoms with Crippen molar-refractivity contribution in [1.82, 2.24) is 10.6 Å². The van der Waals surface area contributed by atoms with Crippen LogP contribution in [0.5, 0.6) is 0 Å². The van der Waals surface area contributed by atoms with Crippen molar-refractivity contribution < 1.29 is 19.2 Å². The lowest BCUT2D eigenvalue weighted by Crippen LogP contribution is -2.54. The summed E-state index contributed by atoms with van der Waals surface area (Å²) in [7, 11) is 0. The summed E-state index contributed by atoms with van der Waals surface area (Å²) >= 11 is 6.65. The van der Waals surface area contributed by atoms with Crippen LogP contribution in [0.4, 0.5) is 5.69 Å². The number of hydrogen-bond acceptors (Lipinski definition) is 5. The predicted molar refractivity (Wildman–Crippen MR) is 90.7 cm³/mol. The first-order valence-corrected chi connectivity index (χ1v) is 8.10. The van der Waals surface area contributed by atoms with Gasteiger partial charge in [-0.3, -0.25) is 19.2 Å². The van der Waals surface area contributed by atoms with E-state index in [1.165, 1.54) is 6.92 Å². The van der Waals surface area contributed by atoms with Gasteiger partial charge in [0.2, 0.25) is 11.8 Å². The van der Waals surface area contributed by atoms with Crippen LogP contribution >= 0.6 is 23.4 Å². The number of hydrogen-bond donors (Lipinski definition) is 3. The Kier molecular flexibility index (Phi) is 5.93. The average Bonchev–Trinajstić information content (AvgIpc) is 2.51. The van der Waals surface area contributed by atoms with Crippen LogP contribution in [0.3, 0.4) is 0 Å². The van der Waals surface area contributed by atoms with E-state index in [0.29, 0.717) is 10.7 Å². The third-order valence-corrected chi connectivity index (χ3v) is 3.89. The Morgan fingerprint density at radius 1 is 1.29 bits per heavy atom. The second kappa shape index (κ2) is 7.93. The Morgan fingerprint density at radius 2 is 1.96 bits per heavy atom. The number of amidine groups is 1. The van der Waals surface area contributed by atoms with Gasteiger partial charge in [-0.1, -0.05) is 23.4 Å². The van der Waals surface area contributed by atoms with Crippen LogP contribution in [0.1, 0.15) is 6.92 Å². The van der Waals surface area contributed by atoms with Gasteiger partial charge in [-0.2, -0.15) is 4.99 Å². The quantitative estimate of drug-likeness (QED) is 0.670. The molecule has 0 unspecified atom stereocenters. The van der Waals surface area contributed by atoms with Crippen LogP contribution in [0, 0.1) is 0 Å².